The van der Waals surface area contributed by atoms with Crippen LogP contribution in [-0.2, 0) is 4.79 Å². The standard InChI is InChI=1S/C17H19NO2/c19-16-7-8-18(15-4-2-1-3-13(15)16)17(20)14-10-11-5-6-12(14)9-11/h1-4,11-12,14H,5-10H2. The van der Waals surface area contributed by atoms with Crippen LogP contribution in [0.15, 0.2) is 24.3 Å². The molecule has 3 atom stereocenters. The minimum absolute atomic E-state index is 0.164. The number of amides is 1. The maximum Gasteiger partial charge on any atom is 0.230 e. The summed E-state index contributed by atoms with van der Waals surface area (Å²) < 4.78 is 0. The predicted molar refractivity (Wildman–Crippen MR) is 76.7 cm³/mol. The van der Waals surface area contributed by atoms with E-state index in [2.05, 4.69) is 0 Å². The van der Waals surface area contributed by atoms with E-state index in [0.717, 1.165) is 23.6 Å². The Morgan fingerprint density at radius 2 is 2.00 bits per heavy atom. The largest absolute Gasteiger partial charge is 0.311 e. The van der Waals surface area contributed by atoms with Gasteiger partial charge in [-0.05, 0) is 43.2 Å². The number of carbonyl (C=O) groups is 2. The van der Waals surface area contributed by atoms with E-state index >= 15 is 0 Å². The Morgan fingerprint density at radius 1 is 1.15 bits per heavy atom. The second-order valence-corrected chi connectivity index (χ2v) is 6.46. The molecule has 3 nitrogen and oxygen atoms in total. The SMILES string of the molecule is O=C1CCN(C(=O)C2CC3CCC2C3)c2ccccc21. The van der Waals surface area contributed by atoms with Crippen molar-refractivity contribution in [2.24, 2.45) is 17.8 Å². The van der Waals surface area contributed by atoms with Crippen LogP contribution in [0.25, 0.3) is 0 Å². The van der Waals surface area contributed by atoms with Crippen molar-refractivity contribution in [2.45, 2.75) is 32.1 Å². The number of anilines is 1. The highest BCUT2D eigenvalue weighted by Crippen LogP contribution is 2.49. The van der Waals surface area contributed by atoms with Gasteiger partial charge in [0.15, 0.2) is 5.78 Å². The van der Waals surface area contributed by atoms with Crippen molar-refractivity contribution >= 4 is 17.4 Å². The number of para-hydroxylation sites is 1. The number of fused-ring (bicyclic) bond motifs is 3. The molecule has 1 heterocycles. The van der Waals surface area contributed by atoms with Gasteiger partial charge in [0, 0.05) is 24.4 Å². The number of hydrogen-bond acceptors (Lipinski definition) is 2. The van der Waals surface area contributed by atoms with Gasteiger partial charge in [0.05, 0.1) is 5.69 Å². The number of Topliss-reactive ketones (excluding diaryl/α,β-unsaturated/α-hetero) is 1. The Balaban J connectivity index is 1.65. The van der Waals surface area contributed by atoms with E-state index in [1.54, 1.807) is 0 Å². The fraction of sp³-hybridized carbons (Fsp3) is 0.529. The molecule has 1 aromatic rings. The maximum atomic E-state index is 12.9. The lowest BCUT2D eigenvalue weighted by Crippen LogP contribution is -2.42. The van der Waals surface area contributed by atoms with Crippen LogP contribution in [0.1, 0.15) is 42.5 Å². The molecule has 3 heteroatoms. The number of rotatable bonds is 1. The molecule has 2 aliphatic carbocycles. The van der Waals surface area contributed by atoms with Gasteiger partial charge in [-0.15, -0.1) is 0 Å². The van der Waals surface area contributed by atoms with Gasteiger partial charge in [-0.25, -0.2) is 0 Å². The summed E-state index contributed by atoms with van der Waals surface area (Å²) in [6.45, 7) is 0.558. The number of hydrogen-bond donors (Lipinski definition) is 0. The summed E-state index contributed by atoms with van der Waals surface area (Å²) in [6, 6.07) is 7.55. The summed E-state index contributed by atoms with van der Waals surface area (Å²) in [4.78, 5) is 26.7. The van der Waals surface area contributed by atoms with Crippen LogP contribution < -0.4 is 4.90 Å². The molecule has 2 bridgehead atoms. The monoisotopic (exact) mass is 269 g/mol. The zero-order valence-corrected chi connectivity index (χ0v) is 11.5. The molecular weight excluding hydrogens is 250 g/mol. The van der Waals surface area contributed by atoms with Crippen molar-refractivity contribution < 1.29 is 9.59 Å². The molecule has 2 saturated carbocycles. The molecule has 4 rings (SSSR count). The lowest BCUT2D eigenvalue weighted by atomic mass is 9.87. The molecule has 0 radical (unpaired) electrons. The van der Waals surface area contributed by atoms with Gasteiger partial charge in [-0.3, -0.25) is 9.59 Å². The zero-order chi connectivity index (χ0) is 13.7. The highest BCUT2D eigenvalue weighted by atomic mass is 16.2. The summed E-state index contributed by atoms with van der Waals surface area (Å²) in [5.41, 5.74) is 1.55. The summed E-state index contributed by atoms with van der Waals surface area (Å²) in [5.74, 6) is 2.00. The van der Waals surface area contributed by atoms with Crippen LogP contribution in [0, 0.1) is 17.8 Å². The van der Waals surface area contributed by atoms with Crippen LogP contribution >= 0.6 is 0 Å². The average molecular weight is 269 g/mol. The first-order valence-electron chi connectivity index (χ1n) is 7.67. The lowest BCUT2D eigenvalue weighted by Gasteiger charge is -2.33. The van der Waals surface area contributed by atoms with Gasteiger partial charge in [0.1, 0.15) is 0 Å². The van der Waals surface area contributed by atoms with Crippen molar-refractivity contribution in [2.75, 3.05) is 11.4 Å². The van der Waals surface area contributed by atoms with Gasteiger partial charge in [-0.1, -0.05) is 18.6 Å². The average Bonchev–Trinajstić information content (AvgIpc) is 3.10. The summed E-state index contributed by atoms with van der Waals surface area (Å²) in [6.07, 6.45) is 5.30. The first-order valence-corrected chi connectivity index (χ1v) is 7.67. The number of benzene rings is 1. The molecule has 1 aromatic carbocycles. The molecular formula is C17H19NO2. The highest BCUT2D eigenvalue weighted by Gasteiger charge is 2.45. The number of ketones is 1. The van der Waals surface area contributed by atoms with E-state index in [4.69, 9.17) is 0 Å². The normalized spacial score (nSPS) is 31.5. The van der Waals surface area contributed by atoms with Crippen molar-refractivity contribution in [3.05, 3.63) is 29.8 Å². The molecule has 1 aliphatic heterocycles. The zero-order valence-electron chi connectivity index (χ0n) is 11.5. The van der Waals surface area contributed by atoms with Crippen LogP contribution in [0.5, 0.6) is 0 Å². The molecule has 104 valence electrons. The van der Waals surface area contributed by atoms with Crippen LogP contribution in [0.4, 0.5) is 5.69 Å². The number of nitrogens with zero attached hydrogens (tertiary/aromatic N) is 1. The molecule has 20 heavy (non-hydrogen) atoms. The van der Waals surface area contributed by atoms with E-state index in [-0.39, 0.29) is 17.6 Å². The van der Waals surface area contributed by atoms with E-state index in [1.807, 2.05) is 29.2 Å². The first-order chi connectivity index (χ1) is 9.74. The predicted octanol–water partition coefficient (Wildman–Crippen LogP) is 3.04. The van der Waals surface area contributed by atoms with Crippen molar-refractivity contribution in [1.29, 1.82) is 0 Å². The third-order valence-corrected chi connectivity index (χ3v) is 5.38. The summed E-state index contributed by atoms with van der Waals surface area (Å²) >= 11 is 0. The fourth-order valence-corrected chi connectivity index (χ4v) is 4.39. The van der Waals surface area contributed by atoms with Crippen LogP contribution in [-0.4, -0.2) is 18.2 Å². The van der Waals surface area contributed by atoms with Crippen molar-refractivity contribution in [1.82, 2.24) is 0 Å². The Labute approximate surface area is 119 Å². The summed E-state index contributed by atoms with van der Waals surface area (Å²) in [5, 5.41) is 0. The molecule has 3 aliphatic rings. The lowest BCUT2D eigenvalue weighted by molar-refractivity contribution is -0.123. The van der Waals surface area contributed by atoms with E-state index in [0.29, 0.717) is 18.9 Å². The minimum Gasteiger partial charge on any atom is -0.311 e. The highest BCUT2D eigenvalue weighted by molar-refractivity contribution is 6.09. The van der Waals surface area contributed by atoms with Gasteiger partial charge in [0.25, 0.3) is 0 Å². The second-order valence-electron chi connectivity index (χ2n) is 6.46. The van der Waals surface area contributed by atoms with Gasteiger partial charge in [0.2, 0.25) is 5.91 Å². The first kappa shape index (κ1) is 12.1. The van der Waals surface area contributed by atoms with Gasteiger partial charge in [-0.2, -0.15) is 0 Å². The molecule has 0 saturated heterocycles. The Kier molecular flexibility index (Phi) is 2.69. The maximum absolute atomic E-state index is 12.9. The Hall–Kier alpha value is -1.64. The quantitative estimate of drug-likeness (QED) is 0.786. The summed E-state index contributed by atoms with van der Waals surface area (Å²) in [7, 11) is 0. The number of carbonyl (C=O) groups excluding carboxylic acids is 2. The van der Waals surface area contributed by atoms with E-state index in [9.17, 15) is 9.59 Å². The Bertz CT molecular complexity index is 580. The van der Waals surface area contributed by atoms with Gasteiger partial charge >= 0.3 is 0 Å². The smallest absolute Gasteiger partial charge is 0.230 e. The van der Waals surface area contributed by atoms with E-state index < -0.39 is 0 Å². The van der Waals surface area contributed by atoms with Gasteiger partial charge < -0.3 is 4.90 Å². The molecule has 0 aromatic heterocycles. The van der Waals surface area contributed by atoms with E-state index in [1.165, 1.54) is 19.3 Å². The minimum atomic E-state index is 0.164. The topological polar surface area (TPSA) is 37.4 Å². The Morgan fingerprint density at radius 3 is 2.75 bits per heavy atom. The molecule has 2 fully saturated rings. The second kappa shape index (κ2) is 4.44. The molecule has 0 spiro atoms. The molecule has 1 amide bonds. The fourth-order valence-electron chi connectivity index (χ4n) is 4.39. The van der Waals surface area contributed by atoms with Crippen LogP contribution in [0.2, 0.25) is 0 Å². The van der Waals surface area contributed by atoms with Crippen LogP contribution in [0.3, 0.4) is 0 Å². The third-order valence-electron chi connectivity index (χ3n) is 5.38. The third kappa shape index (κ3) is 1.72. The van der Waals surface area contributed by atoms with Crippen molar-refractivity contribution in [3.63, 3.8) is 0 Å². The molecule has 0 N–H and O–H groups in total. The molecule has 3 unspecified atom stereocenters. The van der Waals surface area contributed by atoms with Crippen molar-refractivity contribution in [3.8, 4) is 0 Å².